The SMILES string of the molecule is CC(Cc1ccccc1)C1=NCC2(CC2)CN1. The van der Waals surface area contributed by atoms with E-state index in [4.69, 9.17) is 4.99 Å². The number of nitrogens with one attached hydrogen (secondary N) is 1. The number of nitrogens with zero attached hydrogens (tertiary/aromatic N) is 1. The van der Waals surface area contributed by atoms with Crippen LogP contribution in [-0.2, 0) is 6.42 Å². The first-order valence-corrected chi connectivity index (χ1v) is 6.60. The molecule has 1 spiro atoms. The van der Waals surface area contributed by atoms with Gasteiger partial charge >= 0.3 is 0 Å². The maximum absolute atomic E-state index is 4.75. The van der Waals surface area contributed by atoms with Gasteiger partial charge in [-0.2, -0.15) is 0 Å². The van der Waals surface area contributed by atoms with E-state index in [1.807, 2.05) is 0 Å². The summed E-state index contributed by atoms with van der Waals surface area (Å²) in [5.41, 5.74) is 1.95. The van der Waals surface area contributed by atoms with Crippen molar-refractivity contribution in [3.05, 3.63) is 35.9 Å². The molecule has 1 heterocycles. The number of rotatable bonds is 3. The normalized spacial score (nSPS) is 22.8. The van der Waals surface area contributed by atoms with Gasteiger partial charge in [0.2, 0.25) is 0 Å². The largest absolute Gasteiger partial charge is 0.373 e. The molecule has 90 valence electrons. The van der Waals surface area contributed by atoms with E-state index in [0.29, 0.717) is 11.3 Å². The van der Waals surface area contributed by atoms with Gasteiger partial charge in [0, 0.05) is 24.4 Å². The molecular formula is C15H20N2. The first-order chi connectivity index (χ1) is 8.27. The molecule has 0 saturated heterocycles. The Labute approximate surface area is 103 Å². The number of hydrogen-bond donors (Lipinski definition) is 1. The molecule has 0 amide bonds. The second-order valence-electron chi connectivity index (χ2n) is 5.65. The standard InChI is InChI=1S/C15H20N2/c1-12(9-13-5-3-2-4-6-13)14-16-10-15(7-8-15)11-17-14/h2-6,12H,7-11H2,1H3,(H,16,17). The van der Waals surface area contributed by atoms with E-state index in [1.54, 1.807) is 0 Å². The summed E-state index contributed by atoms with van der Waals surface area (Å²) < 4.78 is 0. The summed E-state index contributed by atoms with van der Waals surface area (Å²) in [4.78, 5) is 4.75. The fraction of sp³-hybridized carbons (Fsp3) is 0.533. The van der Waals surface area contributed by atoms with Crippen molar-refractivity contribution in [2.75, 3.05) is 13.1 Å². The number of hydrogen-bond acceptors (Lipinski definition) is 2. The van der Waals surface area contributed by atoms with E-state index in [-0.39, 0.29) is 0 Å². The summed E-state index contributed by atoms with van der Waals surface area (Å²) in [5.74, 6) is 1.72. The highest BCUT2D eigenvalue weighted by molar-refractivity contribution is 5.85. The summed E-state index contributed by atoms with van der Waals surface area (Å²) in [6, 6.07) is 10.7. The average Bonchev–Trinajstić information content (AvgIpc) is 3.11. The fourth-order valence-corrected chi connectivity index (χ4v) is 2.55. The summed E-state index contributed by atoms with van der Waals surface area (Å²) in [6.45, 7) is 4.46. The van der Waals surface area contributed by atoms with Gasteiger partial charge in [-0.15, -0.1) is 0 Å². The molecule has 0 bridgehead atoms. The van der Waals surface area contributed by atoms with Crippen LogP contribution < -0.4 is 5.32 Å². The van der Waals surface area contributed by atoms with Crippen LogP contribution in [0, 0.1) is 11.3 Å². The molecule has 1 N–H and O–H groups in total. The summed E-state index contributed by atoms with van der Waals surface area (Å²) >= 11 is 0. The van der Waals surface area contributed by atoms with Gasteiger partial charge in [-0.3, -0.25) is 4.99 Å². The van der Waals surface area contributed by atoms with Crippen LogP contribution in [0.15, 0.2) is 35.3 Å². The molecule has 2 aliphatic rings. The van der Waals surface area contributed by atoms with Gasteiger partial charge in [-0.25, -0.2) is 0 Å². The Morgan fingerprint density at radius 1 is 1.29 bits per heavy atom. The van der Waals surface area contributed by atoms with Crippen LogP contribution in [-0.4, -0.2) is 18.9 Å². The second-order valence-corrected chi connectivity index (χ2v) is 5.65. The lowest BCUT2D eigenvalue weighted by molar-refractivity contribution is 0.477. The molecule has 0 radical (unpaired) electrons. The maximum Gasteiger partial charge on any atom is 0.0995 e. The van der Waals surface area contributed by atoms with Gasteiger partial charge in [0.05, 0.1) is 5.84 Å². The van der Waals surface area contributed by atoms with Crippen LogP contribution >= 0.6 is 0 Å². The molecule has 1 aliphatic carbocycles. The van der Waals surface area contributed by atoms with Gasteiger partial charge < -0.3 is 5.32 Å². The molecule has 1 fully saturated rings. The van der Waals surface area contributed by atoms with Crippen molar-refractivity contribution in [2.24, 2.45) is 16.3 Å². The van der Waals surface area contributed by atoms with Crippen molar-refractivity contribution in [3.63, 3.8) is 0 Å². The van der Waals surface area contributed by atoms with Gasteiger partial charge in [-0.1, -0.05) is 37.3 Å². The predicted octanol–water partition coefficient (Wildman–Crippen LogP) is 2.65. The lowest BCUT2D eigenvalue weighted by Gasteiger charge is -2.25. The molecule has 1 aliphatic heterocycles. The van der Waals surface area contributed by atoms with Crippen molar-refractivity contribution < 1.29 is 0 Å². The maximum atomic E-state index is 4.75. The first-order valence-electron chi connectivity index (χ1n) is 6.60. The molecule has 0 aromatic heterocycles. The number of benzene rings is 1. The molecule has 3 rings (SSSR count). The smallest absolute Gasteiger partial charge is 0.0995 e. The second kappa shape index (κ2) is 4.17. The Bertz CT molecular complexity index is 418. The van der Waals surface area contributed by atoms with Gasteiger partial charge in [0.25, 0.3) is 0 Å². The Hall–Kier alpha value is -1.31. The van der Waals surface area contributed by atoms with Crippen molar-refractivity contribution in [3.8, 4) is 0 Å². The lowest BCUT2D eigenvalue weighted by atomic mass is 9.97. The molecule has 1 unspecified atom stereocenters. The zero-order chi connectivity index (χ0) is 11.7. The highest BCUT2D eigenvalue weighted by Gasteiger charge is 2.44. The highest BCUT2D eigenvalue weighted by atomic mass is 15.1. The summed E-state index contributed by atoms with van der Waals surface area (Å²) in [5, 5.41) is 3.54. The van der Waals surface area contributed by atoms with E-state index in [1.165, 1.54) is 24.2 Å². The molecular weight excluding hydrogens is 208 g/mol. The Morgan fingerprint density at radius 3 is 2.65 bits per heavy atom. The van der Waals surface area contributed by atoms with E-state index in [9.17, 15) is 0 Å². The molecule has 17 heavy (non-hydrogen) atoms. The Morgan fingerprint density at radius 2 is 2.06 bits per heavy atom. The van der Waals surface area contributed by atoms with Crippen molar-refractivity contribution in [2.45, 2.75) is 26.2 Å². The monoisotopic (exact) mass is 228 g/mol. The first kappa shape index (κ1) is 10.8. The Kier molecular flexibility index (Phi) is 2.65. The van der Waals surface area contributed by atoms with Crippen molar-refractivity contribution in [1.82, 2.24) is 5.32 Å². The van der Waals surface area contributed by atoms with Gasteiger partial charge in [-0.05, 0) is 24.8 Å². The van der Waals surface area contributed by atoms with E-state index in [0.717, 1.165) is 19.5 Å². The van der Waals surface area contributed by atoms with Crippen LogP contribution in [0.4, 0.5) is 0 Å². The third-order valence-corrected chi connectivity index (χ3v) is 4.04. The minimum Gasteiger partial charge on any atom is -0.373 e. The lowest BCUT2D eigenvalue weighted by Crippen LogP contribution is -2.40. The van der Waals surface area contributed by atoms with E-state index in [2.05, 4.69) is 42.6 Å². The summed E-state index contributed by atoms with van der Waals surface area (Å²) in [7, 11) is 0. The van der Waals surface area contributed by atoms with Crippen LogP contribution in [0.5, 0.6) is 0 Å². The Balaban J connectivity index is 1.63. The minimum absolute atomic E-state index is 0.508. The van der Waals surface area contributed by atoms with E-state index < -0.39 is 0 Å². The molecule has 2 nitrogen and oxygen atoms in total. The number of aliphatic imine (C=N–C) groups is 1. The van der Waals surface area contributed by atoms with Crippen molar-refractivity contribution >= 4 is 5.84 Å². The topological polar surface area (TPSA) is 24.4 Å². The average molecular weight is 228 g/mol. The fourth-order valence-electron chi connectivity index (χ4n) is 2.55. The van der Waals surface area contributed by atoms with Crippen LogP contribution in [0.2, 0.25) is 0 Å². The zero-order valence-electron chi connectivity index (χ0n) is 10.4. The third kappa shape index (κ3) is 2.36. The summed E-state index contributed by atoms with van der Waals surface area (Å²) in [6.07, 6.45) is 3.81. The molecule has 1 aromatic rings. The molecule has 1 aromatic carbocycles. The van der Waals surface area contributed by atoms with Crippen LogP contribution in [0.3, 0.4) is 0 Å². The molecule has 1 saturated carbocycles. The quantitative estimate of drug-likeness (QED) is 0.845. The van der Waals surface area contributed by atoms with Gasteiger partial charge in [0.15, 0.2) is 0 Å². The zero-order valence-corrected chi connectivity index (χ0v) is 10.4. The van der Waals surface area contributed by atoms with Gasteiger partial charge in [0.1, 0.15) is 0 Å². The number of amidine groups is 1. The predicted molar refractivity (Wildman–Crippen MR) is 71.3 cm³/mol. The van der Waals surface area contributed by atoms with Crippen LogP contribution in [0.1, 0.15) is 25.3 Å². The van der Waals surface area contributed by atoms with E-state index >= 15 is 0 Å². The highest BCUT2D eigenvalue weighted by Crippen LogP contribution is 2.46. The minimum atomic E-state index is 0.508. The van der Waals surface area contributed by atoms with Crippen molar-refractivity contribution in [1.29, 1.82) is 0 Å². The third-order valence-electron chi connectivity index (χ3n) is 4.04. The molecule has 1 atom stereocenters. The van der Waals surface area contributed by atoms with Crippen LogP contribution in [0.25, 0.3) is 0 Å². The molecule has 2 heteroatoms.